The van der Waals surface area contributed by atoms with Gasteiger partial charge in [0.1, 0.15) is 23.0 Å². The van der Waals surface area contributed by atoms with E-state index in [0.29, 0.717) is 28.4 Å². The van der Waals surface area contributed by atoms with Crippen molar-refractivity contribution in [3.63, 3.8) is 0 Å². The number of aliphatic hydroxyl groups excluding tert-OH is 1. The molecule has 35 heavy (non-hydrogen) atoms. The summed E-state index contributed by atoms with van der Waals surface area (Å²) in [4.78, 5) is 38.7. The molecule has 2 amide bonds. The van der Waals surface area contributed by atoms with Crippen LogP contribution in [-0.4, -0.2) is 49.5 Å². The molecule has 0 radical (unpaired) electrons. The van der Waals surface area contributed by atoms with E-state index in [1.54, 1.807) is 63.1 Å². The number of benzene rings is 2. The molecule has 3 rings (SSSR count). The summed E-state index contributed by atoms with van der Waals surface area (Å²) in [6.07, 6.45) is -0.832. The molecule has 0 unspecified atom stereocenters. The summed E-state index contributed by atoms with van der Waals surface area (Å²) in [6, 6.07) is 12.4. The van der Waals surface area contributed by atoms with Gasteiger partial charge in [0.25, 0.3) is 0 Å². The number of anilines is 3. The van der Waals surface area contributed by atoms with Gasteiger partial charge in [-0.05, 0) is 51.1 Å². The molecular formula is C25H29N3O7. The van der Waals surface area contributed by atoms with Crippen molar-refractivity contribution in [1.82, 2.24) is 5.32 Å². The first-order valence-electron chi connectivity index (χ1n) is 10.9. The Bertz CT molecular complexity index is 1280. The fraction of sp³-hybridized carbons (Fsp3) is 0.320. The lowest BCUT2D eigenvalue weighted by Crippen LogP contribution is -2.47. The summed E-state index contributed by atoms with van der Waals surface area (Å²) in [5.41, 5.74) is 0.742. The predicted octanol–water partition coefficient (Wildman–Crippen LogP) is 3.39. The molecule has 3 N–H and O–H groups in total. The number of amides is 2. The summed E-state index contributed by atoms with van der Waals surface area (Å²) in [7, 11) is 3.22. The number of alkyl carbamates (subject to hydrolysis) is 1. The van der Waals surface area contributed by atoms with E-state index in [0.717, 1.165) is 5.39 Å². The van der Waals surface area contributed by atoms with E-state index < -0.39 is 35.9 Å². The summed E-state index contributed by atoms with van der Waals surface area (Å²) in [5, 5.41) is 15.4. The number of carbonyl (C=O) groups is 2. The average Bonchev–Trinajstić information content (AvgIpc) is 2.80. The van der Waals surface area contributed by atoms with E-state index in [1.807, 2.05) is 12.1 Å². The second kappa shape index (κ2) is 10.5. The number of nitrogens with zero attached hydrogens (tertiary/aromatic N) is 1. The van der Waals surface area contributed by atoms with Crippen LogP contribution in [0, 0.1) is 0 Å². The van der Waals surface area contributed by atoms with Crippen LogP contribution in [0.5, 0.6) is 5.75 Å². The van der Waals surface area contributed by atoms with Crippen LogP contribution < -0.4 is 25.9 Å². The Morgan fingerprint density at radius 3 is 2.51 bits per heavy atom. The molecule has 0 fully saturated rings. The molecule has 10 nitrogen and oxygen atoms in total. The van der Waals surface area contributed by atoms with Gasteiger partial charge in [-0.25, -0.2) is 9.59 Å². The van der Waals surface area contributed by atoms with Crippen molar-refractivity contribution in [2.75, 3.05) is 31.0 Å². The van der Waals surface area contributed by atoms with Crippen LogP contribution in [0.25, 0.3) is 11.0 Å². The molecule has 1 atom stereocenters. The van der Waals surface area contributed by atoms with Crippen molar-refractivity contribution in [3.05, 3.63) is 59.0 Å². The largest absolute Gasteiger partial charge is 0.495 e. The fourth-order valence-corrected chi connectivity index (χ4v) is 3.38. The van der Waals surface area contributed by atoms with Gasteiger partial charge in [-0.2, -0.15) is 0 Å². The lowest BCUT2D eigenvalue weighted by Gasteiger charge is -2.24. The van der Waals surface area contributed by atoms with Gasteiger partial charge >= 0.3 is 11.7 Å². The quantitative estimate of drug-likeness (QED) is 0.436. The highest BCUT2D eigenvalue weighted by Gasteiger charge is 2.25. The number of carbonyl (C=O) groups excluding carboxylic acids is 2. The zero-order valence-corrected chi connectivity index (χ0v) is 20.2. The molecule has 0 saturated heterocycles. The number of hydrogen-bond donors (Lipinski definition) is 3. The molecule has 2 aromatic carbocycles. The smallest absolute Gasteiger partial charge is 0.408 e. The Morgan fingerprint density at radius 2 is 1.86 bits per heavy atom. The highest BCUT2D eigenvalue weighted by atomic mass is 16.6. The summed E-state index contributed by atoms with van der Waals surface area (Å²) >= 11 is 0. The second-order valence-corrected chi connectivity index (χ2v) is 8.76. The Hall–Kier alpha value is -4.05. The lowest BCUT2D eigenvalue weighted by molar-refractivity contribution is -0.119. The van der Waals surface area contributed by atoms with Crippen LogP contribution in [-0.2, 0) is 9.53 Å². The topological polar surface area (TPSA) is 130 Å². The minimum atomic E-state index is -1.25. The maximum atomic E-state index is 12.8. The Morgan fingerprint density at radius 1 is 1.14 bits per heavy atom. The van der Waals surface area contributed by atoms with Crippen LogP contribution >= 0.6 is 0 Å². The van der Waals surface area contributed by atoms with E-state index in [9.17, 15) is 19.5 Å². The fourth-order valence-electron chi connectivity index (χ4n) is 3.38. The number of fused-ring (bicyclic) bond motifs is 1. The predicted molar refractivity (Wildman–Crippen MR) is 132 cm³/mol. The first-order valence-corrected chi connectivity index (χ1v) is 10.9. The van der Waals surface area contributed by atoms with Crippen LogP contribution in [0.2, 0.25) is 0 Å². The average molecular weight is 484 g/mol. The number of ether oxygens (including phenoxy) is 2. The third-order valence-electron chi connectivity index (χ3n) is 5.01. The van der Waals surface area contributed by atoms with Gasteiger partial charge in [0, 0.05) is 24.2 Å². The molecule has 186 valence electrons. The maximum absolute atomic E-state index is 12.8. The summed E-state index contributed by atoms with van der Waals surface area (Å²) in [6.45, 7) is 4.42. The van der Waals surface area contributed by atoms with Crippen LogP contribution in [0.15, 0.2) is 57.7 Å². The molecule has 10 heteroatoms. The van der Waals surface area contributed by atoms with Gasteiger partial charge in [0.2, 0.25) is 5.91 Å². The van der Waals surface area contributed by atoms with Gasteiger partial charge in [-0.15, -0.1) is 0 Å². The zero-order valence-electron chi connectivity index (χ0n) is 20.2. The third kappa shape index (κ3) is 6.30. The summed E-state index contributed by atoms with van der Waals surface area (Å²) < 4.78 is 15.8. The first-order chi connectivity index (χ1) is 16.5. The number of nitrogens with one attached hydrogen (secondary N) is 2. The van der Waals surface area contributed by atoms with Crippen molar-refractivity contribution < 1.29 is 28.6 Å². The monoisotopic (exact) mass is 483 g/mol. The third-order valence-corrected chi connectivity index (χ3v) is 5.01. The molecule has 0 saturated carbocycles. The number of hydrogen-bond acceptors (Lipinski definition) is 8. The number of rotatable bonds is 7. The molecule has 1 heterocycles. The van der Waals surface area contributed by atoms with E-state index in [-0.39, 0.29) is 0 Å². The van der Waals surface area contributed by atoms with Crippen molar-refractivity contribution >= 4 is 40.0 Å². The number of aliphatic hydroxyl groups is 1. The van der Waals surface area contributed by atoms with Crippen molar-refractivity contribution in [2.24, 2.45) is 0 Å². The van der Waals surface area contributed by atoms with Crippen molar-refractivity contribution in [1.29, 1.82) is 0 Å². The van der Waals surface area contributed by atoms with Crippen molar-refractivity contribution in [3.8, 4) is 5.75 Å². The molecule has 0 aliphatic heterocycles. The Kier molecular flexibility index (Phi) is 7.65. The lowest BCUT2D eigenvalue weighted by atomic mass is 10.1. The highest BCUT2D eigenvalue weighted by molar-refractivity contribution is 5.99. The van der Waals surface area contributed by atoms with E-state index in [4.69, 9.17) is 13.9 Å². The van der Waals surface area contributed by atoms with Gasteiger partial charge < -0.3 is 34.5 Å². The van der Waals surface area contributed by atoms with Gasteiger partial charge in [-0.1, -0.05) is 12.1 Å². The molecule has 3 aromatic rings. The standard InChI is InChI=1S/C25H29N3O7/c1-25(2,3)35-24(32)27-18(14-29)23(31)26-17-12-15(10-11-21(17)33-5)28(4)19-13-22(30)34-20-9-7-6-8-16(19)20/h6-13,18,29H,14H2,1-5H3,(H,26,31)(H,27,32)/t18-/m0/s1. The number of para-hydroxylation sites is 1. The van der Waals surface area contributed by atoms with E-state index in [1.165, 1.54) is 13.2 Å². The van der Waals surface area contributed by atoms with Crippen molar-refractivity contribution in [2.45, 2.75) is 32.4 Å². The van der Waals surface area contributed by atoms with Gasteiger partial charge in [0.05, 0.1) is 25.1 Å². The molecule has 1 aromatic heterocycles. The zero-order chi connectivity index (χ0) is 25.8. The van der Waals surface area contributed by atoms with Crippen LogP contribution in [0.4, 0.5) is 21.9 Å². The molecule has 0 aliphatic rings. The minimum Gasteiger partial charge on any atom is -0.495 e. The van der Waals surface area contributed by atoms with Gasteiger partial charge in [0.15, 0.2) is 0 Å². The van der Waals surface area contributed by atoms with Crippen LogP contribution in [0.1, 0.15) is 20.8 Å². The maximum Gasteiger partial charge on any atom is 0.408 e. The molecule has 0 aliphatic carbocycles. The first kappa shape index (κ1) is 25.6. The molecule has 0 spiro atoms. The summed E-state index contributed by atoms with van der Waals surface area (Å²) in [5.74, 6) is -0.302. The molecule has 0 bridgehead atoms. The second-order valence-electron chi connectivity index (χ2n) is 8.76. The van der Waals surface area contributed by atoms with Crippen LogP contribution in [0.3, 0.4) is 0 Å². The van der Waals surface area contributed by atoms with E-state index >= 15 is 0 Å². The normalized spacial score (nSPS) is 12.1. The Labute approximate surface area is 202 Å². The Balaban J connectivity index is 1.88. The number of methoxy groups -OCH3 is 1. The van der Waals surface area contributed by atoms with Gasteiger partial charge in [-0.3, -0.25) is 4.79 Å². The minimum absolute atomic E-state index is 0.304. The van der Waals surface area contributed by atoms with E-state index in [2.05, 4.69) is 10.6 Å². The molecular weight excluding hydrogens is 454 g/mol. The SMILES string of the molecule is COc1ccc(N(C)c2cc(=O)oc3ccccc23)cc1NC(=O)[C@H](CO)NC(=O)OC(C)(C)C. The highest BCUT2D eigenvalue weighted by Crippen LogP contribution is 2.34.